The van der Waals surface area contributed by atoms with Crippen LogP contribution in [-0.4, -0.2) is 11.8 Å². The van der Waals surface area contributed by atoms with Crippen molar-refractivity contribution < 1.29 is 9.59 Å². The number of nitrogens with one attached hydrogen (secondary N) is 2. The molecule has 0 aliphatic heterocycles. The lowest BCUT2D eigenvalue weighted by Crippen LogP contribution is -2.15. The third-order valence-electron chi connectivity index (χ3n) is 4.82. The van der Waals surface area contributed by atoms with Gasteiger partial charge in [0.15, 0.2) is 0 Å². The zero-order valence-corrected chi connectivity index (χ0v) is 16.0. The maximum absolute atomic E-state index is 12.9. The molecule has 0 aliphatic rings. The first-order valence-corrected chi connectivity index (χ1v) is 9.38. The quantitative estimate of drug-likeness (QED) is 0.480. The number of amides is 2. The summed E-state index contributed by atoms with van der Waals surface area (Å²) in [5.41, 5.74) is 3.30. The summed E-state index contributed by atoms with van der Waals surface area (Å²) in [5, 5.41) is 7.92. The van der Waals surface area contributed by atoms with E-state index in [1.165, 1.54) is 0 Å². The van der Waals surface area contributed by atoms with E-state index >= 15 is 0 Å². The van der Waals surface area contributed by atoms with Gasteiger partial charge in [0.1, 0.15) is 0 Å². The lowest BCUT2D eigenvalue weighted by Gasteiger charge is -2.12. The van der Waals surface area contributed by atoms with Gasteiger partial charge in [-0.25, -0.2) is 0 Å². The highest BCUT2D eigenvalue weighted by Crippen LogP contribution is 2.24. The molecule has 4 aromatic carbocycles. The first-order chi connectivity index (χ1) is 14.1. The fourth-order valence-corrected chi connectivity index (χ4v) is 3.21. The molecule has 29 heavy (non-hydrogen) atoms. The van der Waals surface area contributed by atoms with Crippen LogP contribution in [0, 0.1) is 6.92 Å². The summed E-state index contributed by atoms with van der Waals surface area (Å²) in [6, 6.07) is 28.0. The predicted octanol–water partition coefficient (Wildman–Crippen LogP) is 5.65. The summed E-state index contributed by atoms with van der Waals surface area (Å²) in [4.78, 5) is 25.3. The number of benzene rings is 4. The Bertz CT molecular complexity index is 1190. The van der Waals surface area contributed by atoms with Gasteiger partial charge in [-0.3, -0.25) is 9.59 Å². The van der Waals surface area contributed by atoms with Crippen LogP contribution >= 0.6 is 0 Å². The normalized spacial score (nSPS) is 10.5. The van der Waals surface area contributed by atoms with Crippen molar-refractivity contribution in [2.75, 3.05) is 10.6 Å². The van der Waals surface area contributed by atoms with Gasteiger partial charge in [0.05, 0.1) is 0 Å². The highest BCUT2D eigenvalue weighted by Gasteiger charge is 2.12. The molecule has 0 aromatic heterocycles. The molecule has 4 nitrogen and oxygen atoms in total. The van der Waals surface area contributed by atoms with Crippen molar-refractivity contribution in [2.24, 2.45) is 0 Å². The molecule has 0 fully saturated rings. The third kappa shape index (κ3) is 4.01. The highest BCUT2D eigenvalue weighted by atomic mass is 16.2. The Morgan fingerprint density at radius 1 is 0.621 bits per heavy atom. The van der Waals surface area contributed by atoms with Crippen molar-refractivity contribution in [3.8, 4) is 0 Å². The molecule has 0 radical (unpaired) electrons. The van der Waals surface area contributed by atoms with E-state index in [1.807, 2.05) is 73.7 Å². The van der Waals surface area contributed by atoms with Crippen LogP contribution in [0.5, 0.6) is 0 Å². The van der Waals surface area contributed by atoms with E-state index in [1.54, 1.807) is 24.3 Å². The van der Waals surface area contributed by atoms with E-state index in [4.69, 9.17) is 0 Å². The molecule has 4 rings (SSSR count). The molecule has 0 heterocycles. The molecular formula is C25H20N2O2. The van der Waals surface area contributed by atoms with E-state index in [0.29, 0.717) is 16.8 Å². The number of carbonyl (C=O) groups excluding carboxylic acids is 2. The van der Waals surface area contributed by atoms with Crippen LogP contribution in [0.1, 0.15) is 26.3 Å². The average molecular weight is 380 g/mol. The minimum atomic E-state index is -0.225. The minimum Gasteiger partial charge on any atom is -0.322 e. The fraction of sp³-hybridized carbons (Fsp3) is 0.0400. The van der Waals surface area contributed by atoms with Crippen LogP contribution in [0.4, 0.5) is 11.4 Å². The standard InChI is InChI=1S/C25H20N2O2/c1-17-14-15-20(16-23(17)27-24(28)19-9-3-2-4-10-19)25(29)26-22-13-7-11-18-8-5-6-12-21(18)22/h2-16H,1H3,(H,26,29)(H,27,28). The first-order valence-electron chi connectivity index (χ1n) is 9.38. The SMILES string of the molecule is Cc1ccc(C(=O)Nc2cccc3ccccc23)cc1NC(=O)c1ccccc1. The second-order valence-corrected chi connectivity index (χ2v) is 6.83. The summed E-state index contributed by atoms with van der Waals surface area (Å²) < 4.78 is 0. The average Bonchev–Trinajstić information content (AvgIpc) is 2.76. The summed E-state index contributed by atoms with van der Waals surface area (Å²) in [5.74, 6) is -0.433. The second-order valence-electron chi connectivity index (χ2n) is 6.83. The Kier molecular flexibility index (Phi) is 5.08. The molecule has 0 atom stereocenters. The lowest BCUT2D eigenvalue weighted by atomic mass is 10.1. The van der Waals surface area contributed by atoms with Gasteiger partial charge >= 0.3 is 0 Å². The van der Waals surface area contributed by atoms with Crippen molar-refractivity contribution in [1.29, 1.82) is 0 Å². The van der Waals surface area contributed by atoms with Crippen molar-refractivity contribution in [1.82, 2.24) is 0 Å². The van der Waals surface area contributed by atoms with Crippen LogP contribution in [0.25, 0.3) is 10.8 Å². The minimum absolute atomic E-state index is 0.208. The topological polar surface area (TPSA) is 58.2 Å². The van der Waals surface area contributed by atoms with Crippen molar-refractivity contribution in [3.05, 3.63) is 108 Å². The van der Waals surface area contributed by atoms with Crippen molar-refractivity contribution >= 4 is 34.0 Å². The zero-order valence-electron chi connectivity index (χ0n) is 16.0. The molecule has 2 N–H and O–H groups in total. The monoisotopic (exact) mass is 380 g/mol. The van der Waals surface area contributed by atoms with Gasteiger partial charge in [-0.15, -0.1) is 0 Å². The van der Waals surface area contributed by atoms with E-state index in [-0.39, 0.29) is 11.8 Å². The molecular weight excluding hydrogens is 360 g/mol. The Morgan fingerprint density at radius 2 is 1.28 bits per heavy atom. The molecule has 0 unspecified atom stereocenters. The van der Waals surface area contributed by atoms with Gasteiger partial charge in [0, 0.05) is 27.9 Å². The van der Waals surface area contributed by atoms with Gasteiger partial charge < -0.3 is 10.6 Å². The first kappa shape index (κ1) is 18.4. The van der Waals surface area contributed by atoms with Crippen molar-refractivity contribution in [3.63, 3.8) is 0 Å². The van der Waals surface area contributed by atoms with E-state index in [9.17, 15) is 9.59 Å². The highest BCUT2D eigenvalue weighted by molar-refractivity contribution is 6.10. The smallest absolute Gasteiger partial charge is 0.255 e. The van der Waals surface area contributed by atoms with Crippen LogP contribution in [0.15, 0.2) is 91.0 Å². The summed E-state index contributed by atoms with van der Waals surface area (Å²) in [6.45, 7) is 1.90. The number of aryl methyl sites for hydroxylation is 1. The molecule has 4 heteroatoms. The Hall–Kier alpha value is -3.92. The number of anilines is 2. The zero-order chi connectivity index (χ0) is 20.2. The molecule has 0 bridgehead atoms. The van der Waals surface area contributed by atoms with Gasteiger partial charge in [0.2, 0.25) is 0 Å². The van der Waals surface area contributed by atoms with Gasteiger partial charge in [-0.2, -0.15) is 0 Å². The summed E-state index contributed by atoms with van der Waals surface area (Å²) in [7, 11) is 0. The Morgan fingerprint density at radius 3 is 2.10 bits per heavy atom. The number of hydrogen-bond acceptors (Lipinski definition) is 2. The number of hydrogen-bond donors (Lipinski definition) is 2. The number of rotatable bonds is 4. The Labute approximate surface area is 169 Å². The van der Waals surface area contributed by atoms with Crippen LogP contribution in [-0.2, 0) is 0 Å². The maximum atomic E-state index is 12.9. The van der Waals surface area contributed by atoms with Gasteiger partial charge in [0.25, 0.3) is 11.8 Å². The molecule has 0 saturated carbocycles. The van der Waals surface area contributed by atoms with E-state index < -0.39 is 0 Å². The lowest BCUT2D eigenvalue weighted by molar-refractivity contribution is 0.101. The summed E-state index contributed by atoms with van der Waals surface area (Å²) >= 11 is 0. The van der Waals surface area contributed by atoms with Gasteiger partial charge in [-0.1, -0.05) is 60.7 Å². The molecule has 4 aromatic rings. The van der Waals surface area contributed by atoms with Crippen LogP contribution in [0.2, 0.25) is 0 Å². The van der Waals surface area contributed by atoms with Crippen molar-refractivity contribution in [2.45, 2.75) is 6.92 Å². The van der Waals surface area contributed by atoms with Gasteiger partial charge in [-0.05, 0) is 48.2 Å². The number of carbonyl (C=O) groups is 2. The molecule has 0 aliphatic carbocycles. The molecule has 0 spiro atoms. The summed E-state index contributed by atoms with van der Waals surface area (Å²) in [6.07, 6.45) is 0. The molecule has 0 saturated heterocycles. The number of fused-ring (bicyclic) bond motifs is 1. The van der Waals surface area contributed by atoms with E-state index in [2.05, 4.69) is 10.6 Å². The van der Waals surface area contributed by atoms with Crippen LogP contribution in [0.3, 0.4) is 0 Å². The Balaban J connectivity index is 1.58. The fourth-order valence-electron chi connectivity index (χ4n) is 3.21. The third-order valence-corrected chi connectivity index (χ3v) is 4.82. The van der Waals surface area contributed by atoms with E-state index in [0.717, 1.165) is 22.0 Å². The second kappa shape index (κ2) is 7.98. The predicted molar refractivity (Wildman–Crippen MR) is 117 cm³/mol. The van der Waals surface area contributed by atoms with Crippen LogP contribution < -0.4 is 10.6 Å². The molecule has 2 amide bonds. The largest absolute Gasteiger partial charge is 0.322 e. The maximum Gasteiger partial charge on any atom is 0.255 e. The molecule has 142 valence electrons.